The monoisotopic (exact) mass is 610 g/mol. The van der Waals surface area contributed by atoms with Crippen molar-refractivity contribution < 1.29 is 30.7 Å². The van der Waals surface area contributed by atoms with Crippen molar-refractivity contribution in [2.45, 2.75) is 9.79 Å². The number of anilines is 5. The topological polar surface area (TPSA) is 184 Å². The molecule has 13 nitrogen and oxygen atoms in total. The van der Waals surface area contributed by atoms with Crippen molar-refractivity contribution >= 4 is 61.6 Å². The van der Waals surface area contributed by atoms with Crippen LogP contribution in [-0.4, -0.2) is 67.2 Å². The third-order valence-corrected chi connectivity index (χ3v) is 7.89. The molecule has 1 saturated heterocycles. The molecule has 0 spiro atoms. The van der Waals surface area contributed by atoms with Crippen LogP contribution >= 0.6 is 0 Å². The van der Waals surface area contributed by atoms with Gasteiger partial charge in [-0.05, 0) is 47.5 Å². The molecule has 4 N–H and O–H groups in total. The van der Waals surface area contributed by atoms with Crippen LogP contribution in [-0.2, 0) is 25.0 Å². The fourth-order valence-corrected chi connectivity index (χ4v) is 5.35. The second kappa shape index (κ2) is 12.2. The van der Waals surface area contributed by atoms with Crippen molar-refractivity contribution in [2.24, 2.45) is 0 Å². The highest BCUT2D eigenvalue weighted by molar-refractivity contribution is 7.86. The van der Waals surface area contributed by atoms with Crippen LogP contribution in [0.15, 0.2) is 82.6 Å². The number of nitrogens with zero attached hydrogens (tertiary/aromatic N) is 4. The summed E-state index contributed by atoms with van der Waals surface area (Å²) in [6, 6.07) is 19.5. The van der Waals surface area contributed by atoms with E-state index >= 15 is 0 Å². The largest absolute Gasteiger partial charge is 0.378 e. The lowest BCUT2D eigenvalue weighted by Gasteiger charge is -2.27. The van der Waals surface area contributed by atoms with E-state index in [1.165, 1.54) is 12.1 Å². The summed E-state index contributed by atoms with van der Waals surface area (Å²) in [4.78, 5) is 14.4. The van der Waals surface area contributed by atoms with Gasteiger partial charge in [0.1, 0.15) is 4.90 Å². The number of para-hydroxylation sites is 1. The highest BCUT2D eigenvalue weighted by atomic mass is 32.2. The van der Waals surface area contributed by atoms with Crippen molar-refractivity contribution in [3.05, 3.63) is 83.9 Å². The molecule has 2 heterocycles. The standard InChI is InChI=1S/C27H26N6O7S2/c34-41(35,36)23-13-10-20(24(18-23)42(37,38)39)9-6-19-7-11-22(12-8-19)29-26-30-25(28-21-4-2-1-3-5-21)31-27(32-26)33-14-16-40-17-15-33/h1-13,18H,14-17H2,(H,34,35,36)(H,37,38,39)(H2,28,29,30,31,32). The lowest BCUT2D eigenvalue weighted by Crippen LogP contribution is -2.37. The van der Waals surface area contributed by atoms with Gasteiger partial charge in [-0.3, -0.25) is 9.11 Å². The summed E-state index contributed by atoms with van der Waals surface area (Å²) < 4.78 is 70.7. The van der Waals surface area contributed by atoms with Crippen LogP contribution < -0.4 is 15.5 Å². The van der Waals surface area contributed by atoms with E-state index in [1.807, 2.05) is 35.2 Å². The molecule has 4 aromatic rings. The minimum Gasteiger partial charge on any atom is -0.378 e. The normalized spacial score (nSPS) is 14.2. The number of hydrogen-bond donors (Lipinski definition) is 4. The van der Waals surface area contributed by atoms with Gasteiger partial charge < -0.3 is 20.3 Å². The van der Waals surface area contributed by atoms with Crippen molar-refractivity contribution in [2.75, 3.05) is 41.8 Å². The van der Waals surface area contributed by atoms with E-state index < -0.39 is 30.0 Å². The van der Waals surface area contributed by atoms with Crippen LogP contribution in [0.4, 0.5) is 29.2 Å². The quantitative estimate of drug-likeness (QED) is 0.158. The zero-order valence-electron chi connectivity index (χ0n) is 22.0. The van der Waals surface area contributed by atoms with Gasteiger partial charge in [0, 0.05) is 24.5 Å². The molecule has 0 amide bonds. The average molecular weight is 611 g/mol. The van der Waals surface area contributed by atoms with Gasteiger partial charge in [0.25, 0.3) is 20.2 Å². The Kier molecular flexibility index (Phi) is 8.46. The Bertz CT molecular complexity index is 1810. The van der Waals surface area contributed by atoms with E-state index in [1.54, 1.807) is 30.3 Å². The van der Waals surface area contributed by atoms with Crippen molar-refractivity contribution in [3.63, 3.8) is 0 Å². The summed E-state index contributed by atoms with van der Waals surface area (Å²) in [7, 11) is -9.43. The first kappa shape index (κ1) is 29.1. The predicted octanol–water partition coefficient (Wildman–Crippen LogP) is 3.86. The van der Waals surface area contributed by atoms with Crippen molar-refractivity contribution in [3.8, 4) is 0 Å². The number of rotatable bonds is 9. The SMILES string of the molecule is O=S(=O)(O)c1ccc(C=Cc2ccc(Nc3nc(Nc4ccccc4)nc(N4CCOCC4)n3)cc2)c(S(=O)(=O)O)c1. The number of aromatic nitrogens is 3. The molecule has 1 aliphatic rings. The zero-order chi connectivity index (χ0) is 29.7. The van der Waals surface area contributed by atoms with Crippen molar-refractivity contribution in [1.29, 1.82) is 0 Å². The Labute approximate surface area is 242 Å². The third-order valence-electron chi connectivity index (χ3n) is 6.13. The lowest BCUT2D eigenvalue weighted by molar-refractivity contribution is 0.122. The Morgan fingerprint density at radius 1 is 0.738 bits per heavy atom. The van der Waals surface area contributed by atoms with Crippen LogP contribution in [0.1, 0.15) is 11.1 Å². The van der Waals surface area contributed by atoms with E-state index in [4.69, 9.17) is 4.74 Å². The van der Waals surface area contributed by atoms with Gasteiger partial charge in [-0.2, -0.15) is 31.8 Å². The van der Waals surface area contributed by atoms with Crippen LogP contribution in [0.2, 0.25) is 0 Å². The van der Waals surface area contributed by atoms with E-state index in [-0.39, 0.29) is 5.56 Å². The molecule has 218 valence electrons. The Morgan fingerprint density at radius 3 is 1.95 bits per heavy atom. The molecule has 5 rings (SSSR count). The molecule has 0 bridgehead atoms. The minimum atomic E-state index is -4.77. The average Bonchev–Trinajstić information content (AvgIpc) is 2.97. The molecule has 1 fully saturated rings. The Balaban J connectivity index is 1.37. The summed E-state index contributed by atoms with van der Waals surface area (Å²) in [6.45, 7) is 2.43. The first-order chi connectivity index (χ1) is 20.0. The number of benzene rings is 3. The molecule has 1 aromatic heterocycles. The van der Waals surface area contributed by atoms with Crippen LogP contribution in [0, 0.1) is 0 Å². The summed E-state index contributed by atoms with van der Waals surface area (Å²) in [6.07, 6.45) is 2.99. The van der Waals surface area contributed by atoms with Crippen LogP contribution in [0.3, 0.4) is 0 Å². The second-order valence-electron chi connectivity index (χ2n) is 9.10. The molecule has 0 aliphatic carbocycles. The van der Waals surface area contributed by atoms with Crippen LogP contribution in [0.25, 0.3) is 12.2 Å². The highest BCUT2D eigenvalue weighted by Gasteiger charge is 2.20. The van der Waals surface area contributed by atoms with Gasteiger partial charge in [-0.25, -0.2) is 0 Å². The molecule has 15 heteroatoms. The molecule has 1 aliphatic heterocycles. The number of morpholine rings is 1. The molecule has 0 saturated carbocycles. The summed E-state index contributed by atoms with van der Waals surface area (Å²) >= 11 is 0. The Hall–Kier alpha value is -4.41. The lowest BCUT2D eigenvalue weighted by atomic mass is 10.1. The van der Waals surface area contributed by atoms with E-state index in [0.29, 0.717) is 61.5 Å². The minimum absolute atomic E-state index is 0.0337. The van der Waals surface area contributed by atoms with Gasteiger partial charge in [-0.15, -0.1) is 0 Å². The van der Waals surface area contributed by atoms with Crippen LogP contribution in [0.5, 0.6) is 0 Å². The zero-order valence-corrected chi connectivity index (χ0v) is 23.6. The summed E-state index contributed by atoms with van der Waals surface area (Å²) in [5.74, 6) is 1.20. The maximum absolute atomic E-state index is 11.8. The first-order valence-corrected chi connectivity index (χ1v) is 15.5. The van der Waals surface area contributed by atoms with E-state index in [2.05, 4.69) is 25.6 Å². The van der Waals surface area contributed by atoms with Gasteiger partial charge >= 0.3 is 0 Å². The Morgan fingerprint density at radius 2 is 1.36 bits per heavy atom. The van der Waals surface area contributed by atoms with Gasteiger partial charge in [0.2, 0.25) is 17.8 Å². The second-order valence-corrected chi connectivity index (χ2v) is 11.9. The van der Waals surface area contributed by atoms with E-state index in [9.17, 15) is 25.9 Å². The first-order valence-electron chi connectivity index (χ1n) is 12.6. The smallest absolute Gasteiger partial charge is 0.295 e. The number of nitrogens with one attached hydrogen (secondary N) is 2. The predicted molar refractivity (Wildman–Crippen MR) is 157 cm³/mol. The molecular formula is C27H26N6O7S2. The molecular weight excluding hydrogens is 584 g/mol. The molecule has 0 unspecified atom stereocenters. The van der Waals surface area contributed by atoms with Gasteiger partial charge in [0.15, 0.2) is 0 Å². The van der Waals surface area contributed by atoms with Crippen molar-refractivity contribution in [1.82, 2.24) is 15.0 Å². The fourth-order valence-electron chi connectivity index (χ4n) is 4.06. The maximum Gasteiger partial charge on any atom is 0.295 e. The molecule has 0 atom stereocenters. The maximum atomic E-state index is 11.8. The third kappa shape index (κ3) is 7.45. The van der Waals surface area contributed by atoms with Gasteiger partial charge in [0.05, 0.1) is 18.1 Å². The molecule has 3 aromatic carbocycles. The summed E-state index contributed by atoms with van der Waals surface area (Å²) in [5, 5.41) is 6.38. The number of hydrogen-bond acceptors (Lipinski definition) is 11. The summed E-state index contributed by atoms with van der Waals surface area (Å²) in [5.41, 5.74) is 2.21. The molecule has 0 radical (unpaired) electrons. The van der Waals surface area contributed by atoms with Gasteiger partial charge in [-0.1, -0.05) is 48.6 Å². The number of ether oxygens (including phenoxy) is 1. The molecule has 42 heavy (non-hydrogen) atoms. The van der Waals surface area contributed by atoms with E-state index in [0.717, 1.165) is 11.8 Å². The fraction of sp³-hybridized carbons (Fsp3) is 0.148. The highest BCUT2D eigenvalue weighted by Crippen LogP contribution is 2.24.